The molecule has 3 rings (SSSR count). The molecule has 2 fully saturated rings. The van der Waals surface area contributed by atoms with Crippen molar-refractivity contribution in [3.63, 3.8) is 0 Å². The van der Waals surface area contributed by atoms with Gasteiger partial charge in [-0.1, -0.05) is 19.4 Å². The van der Waals surface area contributed by atoms with Crippen molar-refractivity contribution < 1.29 is 4.39 Å². The van der Waals surface area contributed by atoms with Crippen molar-refractivity contribution in [3.05, 3.63) is 35.1 Å². The largest absolute Gasteiger partial charge is 0.310 e. The van der Waals surface area contributed by atoms with Gasteiger partial charge < -0.3 is 5.32 Å². The van der Waals surface area contributed by atoms with Crippen molar-refractivity contribution >= 4 is 0 Å². The molecule has 3 unspecified atom stereocenters. The Morgan fingerprint density at radius 3 is 2.74 bits per heavy atom. The minimum absolute atomic E-state index is 0.102. The lowest BCUT2D eigenvalue weighted by molar-refractivity contribution is 0.414. The Morgan fingerprint density at radius 2 is 2.05 bits per heavy atom. The summed E-state index contributed by atoms with van der Waals surface area (Å²) in [6.07, 6.45) is 5.30. The molecule has 104 valence electrons. The van der Waals surface area contributed by atoms with Crippen molar-refractivity contribution in [1.82, 2.24) is 5.32 Å². The summed E-state index contributed by atoms with van der Waals surface area (Å²) in [6, 6.07) is 5.61. The fourth-order valence-electron chi connectivity index (χ4n) is 4.07. The van der Waals surface area contributed by atoms with Gasteiger partial charge in [0, 0.05) is 6.04 Å². The van der Waals surface area contributed by atoms with Crippen molar-refractivity contribution in [2.24, 2.45) is 17.8 Å². The molecule has 2 aliphatic rings. The summed E-state index contributed by atoms with van der Waals surface area (Å²) in [5, 5.41) is 3.68. The molecule has 0 amide bonds. The van der Waals surface area contributed by atoms with Crippen LogP contribution in [-0.2, 0) is 0 Å². The lowest BCUT2D eigenvalue weighted by Crippen LogP contribution is -2.26. The molecule has 0 radical (unpaired) electrons. The smallest absolute Gasteiger partial charge is 0.123 e. The van der Waals surface area contributed by atoms with Gasteiger partial charge in [-0.3, -0.25) is 0 Å². The fourth-order valence-corrected chi connectivity index (χ4v) is 4.07. The lowest BCUT2D eigenvalue weighted by atomic mass is 9.93. The Kier molecular flexibility index (Phi) is 3.62. The van der Waals surface area contributed by atoms with Crippen LogP contribution in [0.4, 0.5) is 4.39 Å². The average Bonchev–Trinajstić information content (AvgIpc) is 2.86. The van der Waals surface area contributed by atoms with Gasteiger partial charge in [-0.05, 0) is 73.7 Å². The standard InChI is InChI=1S/C17H24FN/c1-3-9-19-17(16-13-5-4-6-14(13)16)15-10-12(18)8-7-11(15)2/h7-8,10,13-14,16-17,19H,3-6,9H2,1-2H3. The van der Waals surface area contributed by atoms with Crippen molar-refractivity contribution in [2.75, 3.05) is 6.54 Å². The summed E-state index contributed by atoms with van der Waals surface area (Å²) in [6.45, 7) is 5.32. The first kappa shape index (κ1) is 13.1. The van der Waals surface area contributed by atoms with E-state index in [1.165, 1.54) is 30.4 Å². The van der Waals surface area contributed by atoms with Crippen LogP contribution in [0.15, 0.2) is 18.2 Å². The monoisotopic (exact) mass is 261 g/mol. The van der Waals surface area contributed by atoms with Crippen LogP contribution in [-0.4, -0.2) is 6.54 Å². The maximum atomic E-state index is 13.6. The second-order valence-electron chi connectivity index (χ2n) is 6.27. The zero-order valence-electron chi connectivity index (χ0n) is 12.0. The molecule has 0 saturated heterocycles. The maximum Gasteiger partial charge on any atom is 0.123 e. The first-order valence-electron chi connectivity index (χ1n) is 7.71. The molecule has 2 aliphatic carbocycles. The zero-order chi connectivity index (χ0) is 13.4. The minimum atomic E-state index is -0.102. The number of hydrogen-bond acceptors (Lipinski definition) is 1. The average molecular weight is 261 g/mol. The lowest BCUT2D eigenvalue weighted by Gasteiger charge is -2.23. The van der Waals surface area contributed by atoms with Gasteiger partial charge >= 0.3 is 0 Å². The molecule has 0 spiro atoms. The Labute approximate surface area is 115 Å². The first-order chi connectivity index (χ1) is 9.22. The topological polar surface area (TPSA) is 12.0 Å². The highest BCUT2D eigenvalue weighted by Gasteiger charge is 2.56. The number of hydrogen-bond donors (Lipinski definition) is 1. The SMILES string of the molecule is CCCNC(c1cc(F)ccc1C)C1C2CCCC21. The van der Waals surface area contributed by atoms with Crippen molar-refractivity contribution in [3.8, 4) is 0 Å². The highest BCUT2D eigenvalue weighted by atomic mass is 19.1. The van der Waals surface area contributed by atoms with Gasteiger partial charge in [0.25, 0.3) is 0 Å². The molecule has 2 heteroatoms. The van der Waals surface area contributed by atoms with Crippen LogP contribution < -0.4 is 5.32 Å². The number of aryl methyl sites for hydroxylation is 1. The number of benzene rings is 1. The molecule has 1 aromatic carbocycles. The molecular weight excluding hydrogens is 237 g/mol. The second-order valence-corrected chi connectivity index (χ2v) is 6.27. The molecule has 1 nitrogen and oxygen atoms in total. The summed E-state index contributed by atoms with van der Waals surface area (Å²) < 4.78 is 13.6. The summed E-state index contributed by atoms with van der Waals surface area (Å²) >= 11 is 0. The number of fused-ring (bicyclic) bond motifs is 1. The van der Waals surface area contributed by atoms with E-state index in [0.717, 1.165) is 30.7 Å². The molecular formula is C17H24FN. The van der Waals surface area contributed by atoms with Crippen LogP contribution in [0.1, 0.15) is 49.8 Å². The van der Waals surface area contributed by atoms with E-state index in [2.05, 4.69) is 19.2 Å². The Hall–Kier alpha value is -0.890. The molecule has 0 bridgehead atoms. The number of halogens is 1. The molecule has 1 N–H and O–H groups in total. The molecule has 19 heavy (non-hydrogen) atoms. The quantitative estimate of drug-likeness (QED) is 0.836. The van der Waals surface area contributed by atoms with Crippen LogP contribution >= 0.6 is 0 Å². The molecule has 2 saturated carbocycles. The Balaban J connectivity index is 1.84. The predicted octanol–water partition coefficient (Wildman–Crippen LogP) is 4.22. The van der Waals surface area contributed by atoms with Crippen LogP contribution in [0.5, 0.6) is 0 Å². The highest BCUT2D eigenvalue weighted by molar-refractivity contribution is 5.32. The van der Waals surface area contributed by atoms with E-state index < -0.39 is 0 Å². The molecule has 3 atom stereocenters. The number of nitrogens with one attached hydrogen (secondary N) is 1. The molecule has 0 aromatic heterocycles. The van der Waals surface area contributed by atoms with Gasteiger partial charge in [0.05, 0.1) is 0 Å². The van der Waals surface area contributed by atoms with E-state index in [-0.39, 0.29) is 5.82 Å². The summed E-state index contributed by atoms with van der Waals surface area (Å²) in [5.41, 5.74) is 2.41. The van der Waals surface area contributed by atoms with E-state index in [9.17, 15) is 4.39 Å². The van der Waals surface area contributed by atoms with Crippen LogP contribution in [0, 0.1) is 30.5 Å². The fraction of sp³-hybridized carbons (Fsp3) is 0.647. The third kappa shape index (κ3) is 2.43. The number of rotatable bonds is 5. The van der Waals surface area contributed by atoms with E-state index in [1.54, 1.807) is 12.1 Å². The van der Waals surface area contributed by atoms with Crippen LogP contribution in [0.2, 0.25) is 0 Å². The van der Waals surface area contributed by atoms with Crippen LogP contribution in [0.25, 0.3) is 0 Å². The molecule has 0 aliphatic heterocycles. The van der Waals surface area contributed by atoms with E-state index in [4.69, 9.17) is 0 Å². The van der Waals surface area contributed by atoms with Gasteiger partial charge in [0.2, 0.25) is 0 Å². The van der Waals surface area contributed by atoms with E-state index >= 15 is 0 Å². The van der Waals surface area contributed by atoms with Gasteiger partial charge in [-0.15, -0.1) is 0 Å². The van der Waals surface area contributed by atoms with Crippen LogP contribution in [0.3, 0.4) is 0 Å². The molecule has 0 heterocycles. The summed E-state index contributed by atoms with van der Waals surface area (Å²) in [5.74, 6) is 2.45. The molecule has 1 aromatic rings. The van der Waals surface area contributed by atoms with Crippen molar-refractivity contribution in [1.29, 1.82) is 0 Å². The van der Waals surface area contributed by atoms with E-state index in [1.807, 2.05) is 6.07 Å². The first-order valence-corrected chi connectivity index (χ1v) is 7.71. The predicted molar refractivity (Wildman–Crippen MR) is 76.5 cm³/mol. The second kappa shape index (κ2) is 5.24. The third-order valence-corrected chi connectivity index (χ3v) is 5.05. The van der Waals surface area contributed by atoms with Crippen molar-refractivity contribution in [2.45, 2.75) is 45.6 Å². The Bertz CT molecular complexity index is 447. The van der Waals surface area contributed by atoms with Gasteiger partial charge in [-0.25, -0.2) is 4.39 Å². The summed E-state index contributed by atoms with van der Waals surface area (Å²) in [7, 11) is 0. The highest BCUT2D eigenvalue weighted by Crippen LogP contribution is 2.62. The van der Waals surface area contributed by atoms with Gasteiger partial charge in [0.1, 0.15) is 5.82 Å². The van der Waals surface area contributed by atoms with Gasteiger partial charge in [-0.2, -0.15) is 0 Å². The summed E-state index contributed by atoms with van der Waals surface area (Å²) in [4.78, 5) is 0. The normalized spacial score (nSPS) is 30.2. The third-order valence-electron chi connectivity index (χ3n) is 5.05. The van der Waals surface area contributed by atoms with E-state index in [0.29, 0.717) is 6.04 Å². The van der Waals surface area contributed by atoms with Gasteiger partial charge in [0.15, 0.2) is 0 Å². The maximum absolute atomic E-state index is 13.6. The minimum Gasteiger partial charge on any atom is -0.310 e. The Morgan fingerprint density at radius 1 is 1.32 bits per heavy atom. The zero-order valence-corrected chi connectivity index (χ0v) is 12.0.